The minimum Gasteiger partial charge on any atom is -0.322 e. The van der Waals surface area contributed by atoms with Crippen LogP contribution in [-0.4, -0.2) is 32.3 Å². The highest BCUT2D eigenvalue weighted by Gasteiger charge is 2.27. The Kier molecular flexibility index (Phi) is 5.26. The lowest BCUT2D eigenvalue weighted by molar-refractivity contribution is 0.537. The maximum absolute atomic E-state index is 6.42. The molecule has 6 heteroatoms. The van der Waals surface area contributed by atoms with Crippen LogP contribution in [0.5, 0.6) is 0 Å². The molecule has 3 nitrogen and oxygen atoms in total. The van der Waals surface area contributed by atoms with E-state index in [-0.39, 0.29) is 6.04 Å². The summed E-state index contributed by atoms with van der Waals surface area (Å²) in [5.74, 6) is 3.61. The summed E-state index contributed by atoms with van der Waals surface area (Å²) in [7, 11) is 0. The molecule has 17 heavy (non-hydrogen) atoms. The summed E-state index contributed by atoms with van der Waals surface area (Å²) in [6.45, 7) is 3.11. The third-order valence-electron chi connectivity index (χ3n) is 2.83. The molecule has 2 atom stereocenters. The number of rotatable bonds is 4. The molecule has 96 valence electrons. The lowest BCUT2D eigenvalue weighted by Gasteiger charge is -2.27. The Morgan fingerprint density at radius 1 is 1.65 bits per heavy atom. The Hall–Kier alpha value is 0.350. The van der Waals surface area contributed by atoms with Crippen molar-refractivity contribution in [3.05, 3.63) is 16.4 Å². The van der Waals surface area contributed by atoms with Gasteiger partial charge >= 0.3 is 0 Å². The molecule has 1 aromatic heterocycles. The second kappa shape index (κ2) is 6.50. The van der Waals surface area contributed by atoms with Crippen molar-refractivity contribution in [1.29, 1.82) is 0 Å². The summed E-state index contributed by atoms with van der Waals surface area (Å²) >= 11 is 7.58. The van der Waals surface area contributed by atoms with E-state index in [2.05, 4.69) is 32.6 Å². The fourth-order valence-electron chi connectivity index (χ4n) is 1.98. The Morgan fingerprint density at radius 3 is 3.12 bits per heavy atom. The number of nitrogens with zero attached hydrogens (tertiary/aromatic N) is 2. The van der Waals surface area contributed by atoms with E-state index in [1.807, 2.05) is 29.7 Å². The fourth-order valence-corrected chi connectivity index (χ4v) is 5.32. The Balaban J connectivity index is 2.16. The normalized spacial score (nSPS) is 22.6. The van der Waals surface area contributed by atoms with Crippen LogP contribution in [0.25, 0.3) is 0 Å². The molecule has 1 fully saturated rings. The predicted octanol–water partition coefficient (Wildman–Crippen LogP) is 2.90. The molecule has 0 saturated carbocycles. The van der Waals surface area contributed by atoms with Crippen molar-refractivity contribution >= 4 is 39.5 Å². The van der Waals surface area contributed by atoms with E-state index < -0.39 is 0 Å². The van der Waals surface area contributed by atoms with Gasteiger partial charge in [-0.15, -0.1) is 0 Å². The lowest BCUT2D eigenvalue weighted by atomic mass is 10.1. The number of nitrogens with two attached hydrogens (primary N) is 1. The minimum absolute atomic E-state index is 0.0798. The molecular weight excluding hydrogens is 318 g/mol. The zero-order chi connectivity index (χ0) is 12.3. The van der Waals surface area contributed by atoms with E-state index in [9.17, 15) is 0 Å². The molecule has 0 spiro atoms. The first-order valence-corrected chi connectivity index (χ1v) is 8.89. The molecule has 0 aliphatic carbocycles. The highest BCUT2D eigenvalue weighted by atomic mass is 79.9. The largest absolute Gasteiger partial charge is 0.322 e. The number of aromatic nitrogens is 2. The van der Waals surface area contributed by atoms with E-state index >= 15 is 0 Å². The van der Waals surface area contributed by atoms with Crippen molar-refractivity contribution < 1.29 is 0 Å². The van der Waals surface area contributed by atoms with Crippen LogP contribution in [0.15, 0.2) is 10.7 Å². The third kappa shape index (κ3) is 3.22. The van der Waals surface area contributed by atoms with E-state index in [0.29, 0.717) is 5.25 Å². The van der Waals surface area contributed by atoms with Crippen LogP contribution in [0.3, 0.4) is 0 Å². The summed E-state index contributed by atoms with van der Waals surface area (Å²) in [6, 6.07) is 0.0798. The Bertz CT molecular complexity index is 364. The van der Waals surface area contributed by atoms with Crippen molar-refractivity contribution in [1.82, 2.24) is 9.78 Å². The number of hydrogen-bond donors (Lipinski definition) is 1. The molecule has 1 saturated heterocycles. The van der Waals surface area contributed by atoms with Gasteiger partial charge in [0.15, 0.2) is 0 Å². The zero-order valence-corrected chi connectivity index (χ0v) is 13.2. The summed E-state index contributed by atoms with van der Waals surface area (Å²) in [5.41, 5.74) is 7.58. The van der Waals surface area contributed by atoms with Crippen LogP contribution in [0.4, 0.5) is 0 Å². The molecule has 1 aliphatic rings. The fraction of sp³-hybridized carbons (Fsp3) is 0.727. The van der Waals surface area contributed by atoms with Crippen LogP contribution >= 0.6 is 39.5 Å². The van der Waals surface area contributed by atoms with Gasteiger partial charge in [0.05, 0.1) is 22.4 Å². The van der Waals surface area contributed by atoms with Crippen molar-refractivity contribution in [3.8, 4) is 0 Å². The van der Waals surface area contributed by atoms with Crippen LogP contribution in [-0.2, 0) is 6.54 Å². The number of thioether (sulfide) groups is 2. The van der Waals surface area contributed by atoms with E-state index in [1.54, 1.807) is 0 Å². The smallest absolute Gasteiger partial charge is 0.0705 e. The van der Waals surface area contributed by atoms with Gasteiger partial charge in [0.1, 0.15) is 0 Å². The quantitative estimate of drug-likeness (QED) is 0.918. The highest BCUT2D eigenvalue weighted by Crippen LogP contribution is 2.34. The van der Waals surface area contributed by atoms with Gasteiger partial charge in [-0.2, -0.15) is 28.6 Å². The van der Waals surface area contributed by atoms with Crippen molar-refractivity contribution in [2.24, 2.45) is 5.73 Å². The minimum atomic E-state index is 0.0798. The van der Waals surface area contributed by atoms with Gasteiger partial charge in [0.2, 0.25) is 0 Å². The predicted molar refractivity (Wildman–Crippen MR) is 80.7 cm³/mol. The third-order valence-corrected chi connectivity index (χ3v) is 6.32. The number of hydrogen-bond acceptors (Lipinski definition) is 4. The molecular formula is C11H18BrN3S2. The van der Waals surface area contributed by atoms with Crippen LogP contribution < -0.4 is 5.73 Å². The summed E-state index contributed by atoms with van der Waals surface area (Å²) in [6.07, 6.45) is 2.95. The molecule has 1 aromatic rings. The topological polar surface area (TPSA) is 43.8 Å². The summed E-state index contributed by atoms with van der Waals surface area (Å²) < 4.78 is 3.10. The van der Waals surface area contributed by atoms with Gasteiger partial charge in [-0.3, -0.25) is 4.68 Å². The van der Waals surface area contributed by atoms with E-state index in [4.69, 9.17) is 5.73 Å². The van der Waals surface area contributed by atoms with Gasteiger partial charge in [-0.25, -0.2) is 0 Å². The van der Waals surface area contributed by atoms with Gasteiger partial charge in [-0.05, 0) is 22.4 Å². The summed E-state index contributed by atoms with van der Waals surface area (Å²) in [4.78, 5) is 0. The molecule has 2 N–H and O–H groups in total. The number of halogens is 1. The van der Waals surface area contributed by atoms with Crippen molar-refractivity contribution in [2.45, 2.75) is 31.2 Å². The standard InChI is InChI=1S/C11H18BrN3S2/c1-2-3-15-11(8(12)6-14-15)10(13)9-7-16-4-5-17-9/h6,9-10H,2-5,7,13H2,1H3. The maximum atomic E-state index is 6.42. The van der Waals surface area contributed by atoms with E-state index in [1.165, 1.54) is 11.5 Å². The summed E-state index contributed by atoms with van der Waals surface area (Å²) in [5, 5.41) is 4.91. The van der Waals surface area contributed by atoms with Gasteiger partial charge in [0, 0.05) is 29.1 Å². The molecule has 1 aliphatic heterocycles. The molecule has 0 bridgehead atoms. The molecule has 2 unspecified atom stereocenters. The van der Waals surface area contributed by atoms with Gasteiger partial charge in [-0.1, -0.05) is 6.92 Å². The average Bonchev–Trinajstić information content (AvgIpc) is 2.71. The Morgan fingerprint density at radius 2 is 2.47 bits per heavy atom. The first-order valence-electron chi connectivity index (χ1n) is 5.90. The SMILES string of the molecule is CCCn1ncc(Br)c1C(N)C1CSCCS1. The molecule has 2 rings (SSSR count). The number of aryl methyl sites for hydroxylation is 1. The average molecular weight is 336 g/mol. The lowest BCUT2D eigenvalue weighted by Crippen LogP contribution is -2.31. The van der Waals surface area contributed by atoms with Crippen molar-refractivity contribution in [3.63, 3.8) is 0 Å². The van der Waals surface area contributed by atoms with Crippen LogP contribution in [0, 0.1) is 0 Å². The van der Waals surface area contributed by atoms with E-state index in [0.717, 1.165) is 28.9 Å². The zero-order valence-electron chi connectivity index (χ0n) is 9.93. The molecule has 0 radical (unpaired) electrons. The Labute approximate surface area is 119 Å². The highest BCUT2D eigenvalue weighted by molar-refractivity contribution is 9.10. The second-order valence-electron chi connectivity index (χ2n) is 4.11. The monoisotopic (exact) mass is 335 g/mol. The van der Waals surface area contributed by atoms with Crippen molar-refractivity contribution in [2.75, 3.05) is 17.3 Å². The maximum Gasteiger partial charge on any atom is 0.0705 e. The van der Waals surface area contributed by atoms with Gasteiger partial charge < -0.3 is 5.73 Å². The van der Waals surface area contributed by atoms with Crippen LogP contribution in [0.2, 0.25) is 0 Å². The van der Waals surface area contributed by atoms with Gasteiger partial charge in [0.25, 0.3) is 0 Å². The van der Waals surface area contributed by atoms with Crippen LogP contribution in [0.1, 0.15) is 25.1 Å². The first kappa shape index (κ1) is 13.8. The first-order chi connectivity index (χ1) is 8.24. The molecule has 2 heterocycles. The molecule has 0 amide bonds. The molecule has 0 aromatic carbocycles. The second-order valence-corrected chi connectivity index (χ2v) is 7.46.